The highest BCUT2D eigenvalue weighted by molar-refractivity contribution is 5.86. The Morgan fingerprint density at radius 1 is 1.13 bits per heavy atom. The second kappa shape index (κ2) is 12.3. The van der Waals surface area contributed by atoms with E-state index in [-0.39, 0.29) is 25.3 Å². The van der Waals surface area contributed by atoms with Gasteiger partial charge in [0.15, 0.2) is 0 Å². The number of anilines is 1. The summed E-state index contributed by atoms with van der Waals surface area (Å²) in [5, 5.41) is 19.5. The van der Waals surface area contributed by atoms with Crippen LogP contribution in [0.5, 0.6) is 5.75 Å². The monoisotopic (exact) mass is 436 g/mol. The molecule has 0 radical (unpaired) electrons. The fraction of sp³-hybridized carbons (Fsp3) is 0.238. The van der Waals surface area contributed by atoms with E-state index >= 15 is 0 Å². The Bertz CT molecular complexity index is 905. The van der Waals surface area contributed by atoms with E-state index in [1.807, 2.05) is 0 Å². The third-order valence-corrected chi connectivity index (χ3v) is 4.00. The molecule has 31 heavy (non-hydrogen) atoms. The van der Waals surface area contributed by atoms with Crippen LogP contribution in [-0.4, -0.2) is 35.5 Å². The number of aliphatic hydroxyl groups is 1. The Kier molecular flexibility index (Phi) is 9.40. The lowest BCUT2D eigenvalue weighted by atomic mass is 10.0. The first kappa shape index (κ1) is 23.8. The molecule has 0 aliphatic carbocycles. The lowest BCUT2D eigenvalue weighted by molar-refractivity contribution is -0.124. The summed E-state index contributed by atoms with van der Waals surface area (Å²) >= 11 is 0. The van der Waals surface area contributed by atoms with E-state index in [1.165, 1.54) is 11.6 Å². The van der Waals surface area contributed by atoms with Crippen molar-refractivity contribution in [1.82, 2.24) is 5.48 Å². The lowest BCUT2D eigenvalue weighted by Gasteiger charge is -2.19. The predicted octanol–water partition coefficient (Wildman–Crippen LogP) is 3.47. The number of benzene rings is 2. The highest BCUT2D eigenvalue weighted by Gasteiger charge is 2.18. The fourth-order valence-electron chi connectivity index (χ4n) is 2.57. The number of ether oxygens (including phenoxy) is 2. The number of allylic oxidation sites excluding steroid dienone is 1. The molecule has 8 nitrogen and oxygen atoms in total. The van der Waals surface area contributed by atoms with Crippen LogP contribution in [-0.2, 0) is 9.53 Å². The van der Waals surface area contributed by atoms with E-state index in [0.717, 1.165) is 18.2 Å². The zero-order chi connectivity index (χ0) is 22.6. The smallest absolute Gasteiger partial charge is 0.412 e. The average molecular weight is 436 g/mol. The molecule has 0 aromatic heterocycles. The van der Waals surface area contributed by atoms with E-state index in [1.54, 1.807) is 24.3 Å². The van der Waals surface area contributed by atoms with Gasteiger partial charge in [0, 0.05) is 12.1 Å². The molecule has 2 amide bonds. The maximum absolute atomic E-state index is 13.8. The topological polar surface area (TPSA) is 117 Å². The zero-order valence-electron chi connectivity index (χ0n) is 16.4. The third kappa shape index (κ3) is 8.03. The van der Waals surface area contributed by atoms with Gasteiger partial charge < -0.3 is 14.6 Å². The van der Waals surface area contributed by atoms with Crippen LogP contribution in [0.2, 0.25) is 0 Å². The lowest BCUT2D eigenvalue weighted by Crippen LogP contribution is -2.18. The Labute approximate surface area is 177 Å². The number of rotatable bonds is 10. The van der Waals surface area contributed by atoms with Gasteiger partial charge in [-0.3, -0.25) is 15.3 Å². The molecule has 0 fully saturated rings. The first-order valence-corrected chi connectivity index (χ1v) is 9.30. The molecular formula is C21H22F2N2O6. The van der Waals surface area contributed by atoms with Gasteiger partial charge in [-0.15, -0.1) is 0 Å². The number of carbonyl (C=O) groups is 2. The summed E-state index contributed by atoms with van der Waals surface area (Å²) in [6.07, 6.45) is 1.48. The van der Waals surface area contributed by atoms with Crippen molar-refractivity contribution >= 4 is 17.7 Å². The predicted molar refractivity (Wildman–Crippen MR) is 107 cm³/mol. The maximum Gasteiger partial charge on any atom is 0.412 e. The van der Waals surface area contributed by atoms with E-state index in [0.29, 0.717) is 23.8 Å². The zero-order valence-corrected chi connectivity index (χ0v) is 16.4. The van der Waals surface area contributed by atoms with E-state index in [9.17, 15) is 18.4 Å². The summed E-state index contributed by atoms with van der Waals surface area (Å²) in [7, 11) is 0. The number of amides is 2. The number of aliphatic hydroxyl groups excluding tert-OH is 1. The second-order valence-corrected chi connectivity index (χ2v) is 6.24. The van der Waals surface area contributed by atoms with Gasteiger partial charge in [0.2, 0.25) is 0 Å². The Morgan fingerprint density at radius 3 is 2.52 bits per heavy atom. The molecule has 2 aromatic carbocycles. The molecule has 166 valence electrons. The van der Waals surface area contributed by atoms with Crippen LogP contribution in [0.1, 0.15) is 24.5 Å². The van der Waals surface area contributed by atoms with Gasteiger partial charge in [-0.25, -0.2) is 19.1 Å². The largest absolute Gasteiger partial charge is 0.491 e. The standard InChI is InChI=1S/C21H22F2N2O6/c22-15-7-10-18(17(23)13-15)24-21(28)31-19(3-1-2-4-20(27)25-29)14-5-8-16(9-6-14)30-12-11-26/h2,4-10,13,19,26,29H,1,3,11-12H2,(H,24,28)(H,25,27)/b4-2+/t19-/m1/s1. The third-order valence-electron chi connectivity index (χ3n) is 4.00. The van der Waals surface area contributed by atoms with Gasteiger partial charge in [0.25, 0.3) is 5.91 Å². The minimum absolute atomic E-state index is 0.128. The summed E-state index contributed by atoms with van der Waals surface area (Å²) in [4.78, 5) is 23.3. The summed E-state index contributed by atoms with van der Waals surface area (Å²) < 4.78 is 37.5. The highest BCUT2D eigenvalue weighted by atomic mass is 19.1. The normalized spacial score (nSPS) is 11.7. The van der Waals surface area contributed by atoms with E-state index in [4.69, 9.17) is 19.8 Å². The number of carbonyl (C=O) groups excluding carboxylic acids is 2. The molecule has 2 rings (SSSR count). The SMILES string of the molecule is O=C(/C=C/CC[C@@H](OC(=O)Nc1ccc(F)cc1F)c1ccc(OCCO)cc1)NO. The highest BCUT2D eigenvalue weighted by Crippen LogP contribution is 2.26. The van der Waals surface area contributed by atoms with Gasteiger partial charge in [-0.05, 0) is 42.7 Å². The molecule has 0 aliphatic rings. The summed E-state index contributed by atoms with van der Waals surface area (Å²) in [5.41, 5.74) is 1.83. The average Bonchev–Trinajstić information content (AvgIpc) is 2.76. The Hall–Kier alpha value is -3.50. The van der Waals surface area contributed by atoms with Crippen molar-refractivity contribution in [3.63, 3.8) is 0 Å². The van der Waals surface area contributed by atoms with Crippen LogP contribution in [0, 0.1) is 11.6 Å². The van der Waals surface area contributed by atoms with Gasteiger partial charge in [0.1, 0.15) is 30.1 Å². The molecule has 1 atom stereocenters. The number of hydrogen-bond donors (Lipinski definition) is 4. The van der Waals surface area contributed by atoms with E-state index < -0.39 is 29.7 Å². The van der Waals surface area contributed by atoms with Crippen molar-refractivity contribution in [3.8, 4) is 5.75 Å². The number of nitrogens with one attached hydrogen (secondary N) is 2. The number of halogens is 2. The van der Waals surface area contributed by atoms with Gasteiger partial charge in [-0.2, -0.15) is 0 Å². The van der Waals surface area contributed by atoms with Crippen LogP contribution in [0.15, 0.2) is 54.6 Å². The van der Waals surface area contributed by atoms with Crippen LogP contribution >= 0.6 is 0 Å². The Morgan fingerprint density at radius 2 is 1.87 bits per heavy atom. The van der Waals surface area contributed by atoms with Crippen molar-refractivity contribution in [2.24, 2.45) is 0 Å². The van der Waals surface area contributed by atoms with Gasteiger partial charge in [0.05, 0.1) is 12.3 Å². The van der Waals surface area contributed by atoms with Crippen LogP contribution in [0.25, 0.3) is 0 Å². The summed E-state index contributed by atoms with van der Waals surface area (Å²) in [5.74, 6) is -1.92. The molecule has 0 spiro atoms. The molecule has 0 bridgehead atoms. The van der Waals surface area contributed by atoms with Crippen LogP contribution < -0.4 is 15.5 Å². The number of hydroxylamine groups is 1. The quantitative estimate of drug-likeness (QED) is 0.257. The minimum Gasteiger partial charge on any atom is -0.491 e. The number of hydrogen-bond acceptors (Lipinski definition) is 6. The summed E-state index contributed by atoms with van der Waals surface area (Å²) in [6.45, 7) is -0.00993. The molecule has 0 aliphatic heterocycles. The van der Waals surface area contributed by atoms with E-state index in [2.05, 4.69) is 5.32 Å². The van der Waals surface area contributed by atoms with Gasteiger partial charge in [-0.1, -0.05) is 18.2 Å². The molecule has 10 heteroatoms. The molecule has 0 saturated carbocycles. The molecule has 4 N–H and O–H groups in total. The molecule has 2 aromatic rings. The van der Waals surface area contributed by atoms with Crippen LogP contribution in [0.3, 0.4) is 0 Å². The molecule has 0 saturated heterocycles. The van der Waals surface area contributed by atoms with Crippen molar-refractivity contribution < 1.29 is 38.2 Å². The van der Waals surface area contributed by atoms with Crippen molar-refractivity contribution in [1.29, 1.82) is 0 Å². The maximum atomic E-state index is 13.8. The Balaban J connectivity index is 2.09. The molecule has 0 heterocycles. The van der Waals surface area contributed by atoms with Crippen molar-refractivity contribution in [2.45, 2.75) is 18.9 Å². The first-order valence-electron chi connectivity index (χ1n) is 9.30. The van der Waals surface area contributed by atoms with Crippen molar-refractivity contribution in [2.75, 3.05) is 18.5 Å². The fourth-order valence-corrected chi connectivity index (χ4v) is 2.57. The molecule has 0 unspecified atom stereocenters. The molecular weight excluding hydrogens is 414 g/mol. The van der Waals surface area contributed by atoms with Gasteiger partial charge >= 0.3 is 6.09 Å². The minimum atomic E-state index is -0.951. The first-order chi connectivity index (χ1) is 14.9. The summed E-state index contributed by atoms with van der Waals surface area (Å²) in [6, 6.07) is 9.29. The van der Waals surface area contributed by atoms with Crippen molar-refractivity contribution in [3.05, 3.63) is 71.8 Å². The second-order valence-electron chi connectivity index (χ2n) is 6.24. The van der Waals surface area contributed by atoms with Crippen LogP contribution in [0.4, 0.5) is 19.3 Å².